The van der Waals surface area contributed by atoms with E-state index < -0.39 is 12.0 Å². The van der Waals surface area contributed by atoms with Crippen LogP contribution in [0.3, 0.4) is 0 Å². The number of rotatable bonds is 4. The zero-order valence-corrected chi connectivity index (χ0v) is 13.3. The van der Waals surface area contributed by atoms with Gasteiger partial charge in [-0.15, -0.1) is 11.3 Å². The summed E-state index contributed by atoms with van der Waals surface area (Å²) in [6.07, 6.45) is 0.772. The highest BCUT2D eigenvalue weighted by molar-refractivity contribution is 7.17. The van der Waals surface area contributed by atoms with Gasteiger partial charge >= 0.3 is 0 Å². The minimum absolute atomic E-state index is 0.0532. The highest BCUT2D eigenvalue weighted by Crippen LogP contribution is 2.29. The molecule has 2 aromatic heterocycles. The maximum Gasteiger partial charge on any atom is 0.263 e. The number of nitrogens with one attached hydrogen (secondary N) is 1. The second-order valence-corrected chi connectivity index (χ2v) is 6.16. The Bertz CT molecular complexity index is 913. The van der Waals surface area contributed by atoms with Gasteiger partial charge in [-0.05, 0) is 29.0 Å². The van der Waals surface area contributed by atoms with E-state index in [0.29, 0.717) is 0 Å². The molecule has 118 valence electrons. The minimum atomic E-state index is -0.817. The molecule has 0 unspecified atom stereocenters. The summed E-state index contributed by atoms with van der Waals surface area (Å²) in [6.45, 7) is 0.0532. The number of aryl methyl sites for hydroxylation is 1. The number of thiophene rings is 1. The fourth-order valence-electron chi connectivity index (χ4n) is 2.42. The number of aliphatic hydroxyl groups is 1. The summed E-state index contributed by atoms with van der Waals surface area (Å²) in [7, 11) is 1.59. The molecule has 0 saturated heterocycles. The van der Waals surface area contributed by atoms with Gasteiger partial charge in [0.2, 0.25) is 0 Å². The van der Waals surface area contributed by atoms with Crippen molar-refractivity contribution in [2.45, 2.75) is 6.10 Å². The fraction of sp³-hybridized carbons (Fsp3) is 0.176. The van der Waals surface area contributed by atoms with Crippen LogP contribution in [0.15, 0.2) is 52.8 Å². The van der Waals surface area contributed by atoms with Crippen LogP contribution in [0.2, 0.25) is 0 Å². The lowest BCUT2D eigenvalue weighted by molar-refractivity contribution is 0.0915. The topological polar surface area (TPSA) is 71.3 Å². The molecule has 0 radical (unpaired) electrons. The Kier molecular flexibility index (Phi) is 4.27. The predicted molar refractivity (Wildman–Crippen MR) is 90.8 cm³/mol. The number of aromatic nitrogens is 1. The monoisotopic (exact) mass is 328 g/mol. The Balaban J connectivity index is 1.74. The lowest BCUT2D eigenvalue weighted by Gasteiger charge is -2.11. The van der Waals surface area contributed by atoms with Gasteiger partial charge in [0.25, 0.3) is 11.5 Å². The third-order valence-corrected chi connectivity index (χ3v) is 4.68. The first-order valence-corrected chi connectivity index (χ1v) is 8.04. The number of nitrogens with zero attached hydrogens (tertiary/aromatic N) is 1. The molecule has 3 aromatic rings. The first kappa shape index (κ1) is 15.5. The van der Waals surface area contributed by atoms with Crippen LogP contribution < -0.4 is 10.9 Å². The average molecular weight is 328 g/mol. The van der Waals surface area contributed by atoms with E-state index in [1.165, 1.54) is 10.6 Å². The van der Waals surface area contributed by atoms with Crippen molar-refractivity contribution >= 4 is 27.3 Å². The van der Waals surface area contributed by atoms with Crippen LogP contribution in [-0.4, -0.2) is 22.1 Å². The first-order valence-electron chi connectivity index (χ1n) is 7.16. The number of benzene rings is 1. The number of aliphatic hydroxyl groups excluding tert-OH is 1. The number of hydrogen-bond donors (Lipinski definition) is 2. The highest BCUT2D eigenvalue weighted by atomic mass is 32.1. The lowest BCUT2D eigenvalue weighted by Crippen LogP contribution is -2.34. The van der Waals surface area contributed by atoms with E-state index in [1.54, 1.807) is 30.6 Å². The number of carbonyl (C=O) groups excluding carboxylic acids is 1. The van der Waals surface area contributed by atoms with Crippen molar-refractivity contribution < 1.29 is 9.90 Å². The van der Waals surface area contributed by atoms with Crippen LogP contribution in [0.25, 0.3) is 10.1 Å². The molecule has 0 spiro atoms. The molecule has 0 saturated carbocycles. The number of amides is 1. The minimum Gasteiger partial charge on any atom is -0.387 e. The quantitative estimate of drug-likeness (QED) is 0.770. The number of fused-ring (bicyclic) bond motifs is 1. The van der Waals surface area contributed by atoms with Crippen LogP contribution >= 0.6 is 11.3 Å². The zero-order chi connectivity index (χ0) is 16.4. The number of pyridine rings is 1. The molecule has 0 bridgehead atoms. The number of carbonyl (C=O) groups is 1. The average Bonchev–Trinajstić information content (AvgIpc) is 2.99. The second kappa shape index (κ2) is 6.36. The summed E-state index contributed by atoms with van der Waals surface area (Å²) in [6, 6.07) is 10.9. The molecule has 6 heteroatoms. The maximum atomic E-state index is 12.1. The Morgan fingerprint density at radius 1 is 1.30 bits per heavy atom. The fourth-order valence-corrected chi connectivity index (χ4v) is 3.43. The van der Waals surface area contributed by atoms with Crippen molar-refractivity contribution in [1.29, 1.82) is 0 Å². The van der Waals surface area contributed by atoms with Gasteiger partial charge < -0.3 is 15.0 Å². The van der Waals surface area contributed by atoms with Crippen molar-refractivity contribution in [2.24, 2.45) is 7.05 Å². The summed E-state index contributed by atoms with van der Waals surface area (Å²) < 4.78 is 2.43. The normalized spacial score (nSPS) is 12.3. The maximum absolute atomic E-state index is 12.1. The Morgan fingerprint density at radius 2 is 2.09 bits per heavy atom. The van der Waals surface area contributed by atoms with Crippen LogP contribution in [0.5, 0.6) is 0 Å². The standard InChI is InChI=1S/C17H16N2O3S/c1-19-8-4-6-12(17(19)22)16(21)18-9-14(20)13-10-23-15-7-3-2-5-11(13)15/h2-8,10,14,20H,9H2,1H3,(H,18,21)/t14-/m0/s1. The molecule has 2 N–H and O–H groups in total. The Hall–Kier alpha value is -2.44. The van der Waals surface area contributed by atoms with E-state index in [9.17, 15) is 14.7 Å². The van der Waals surface area contributed by atoms with Crippen molar-refractivity contribution in [3.63, 3.8) is 0 Å². The SMILES string of the molecule is Cn1cccc(C(=O)NC[C@H](O)c2csc3ccccc23)c1=O. The van der Waals surface area contributed by atoms with Gasteiger partial charge in [-0.3, -0.25) is 9.59 Å². The van der Waals surface area contributed by atoms with Crippen LogP contribution in [0.4, 0.5) is 0 Å². The zero-order valence-electron chi connectivity index (χ0n) is 12.5. The summed E-state index contributed by atoms with van der Waals surface area (Å²) in [5, 5.41) is 15.8. The second-order valence-electron chi connectivity index (χ2n) is 5.25. The molecule has 2 heterocycles. The lowest BCUT2D eigenvalue weighted by atomic mass is 10.1. The Morgan fingerprint density at radius 3 is 2.91 bits per heavy atom. The predicted octanol–water partition coefficient (Wildman–Crippen LogP) is 2.06. The van der Waals surface area contributed by atoms with Crippen molar-refractivity contribution in [2.75, 3.05) is 6.54 Å². The van der Waals surface area contributed by atoms with Gasteiger partial charge in [0.15, 0.2) is 0 Å². The van der Waals surface area contributed by atoms with Crippen LogP contribution in [-0.2, 0) is 7.05 Å². The number of hydrogen-bond acceptors (Lipinski definition) is 4. The summed E-state index contributed by atoms with van der Waals surface area (Å²) in [5.41, 5.74) is 0.490. The van der Waals surface area contributed by atoms with Gasteiger partial charge in [0.1, 0.15) is 5.56 Å². The van der Waals surface area contributed by atoms with Gasteiger partial charge in [0.05, 0.1) is 6.10 Å². The largest absolute Gasteiger partial charge is 0.387 e. The van der Waals surface area contributed by atoms with E-state index in [1.807, 2.05) is 29.6 Å². The molecule has 0 aliphatic carbocycles. The molecule has 0 aliphatic rings. The molecular weight excluding hydrogens is 312 g/mol. The van der Waals surface area contributed by atoms with Crippen molar-refractivity contribution in [3.8, 4) is 0 Å². The van der Waals surface area contributed by atoms with Gasteiger partial charge in [-0.25, -0.2) is 0 Å². The van der Waals surface area contributed by atoms with E-state index >= 15 is 0 Å². The smallest absolute Gasteiger partial charge is 0.263 e. The van der Waals surface area contributed by atoms with Crippen LogP contribution in [0, 0.1) is 0 Å². The van der Waals surface area contributed by atoms with Gasteiger partial charge in [-0.2, -0.15) is 0 Å². The van der Waals surface area contributed by atoms with Gasteiger partial charge in [0, 0.05) is 30.1 Å². The molecule has 23 heavy (non-hydrogen) atoms. The molecule has 1 aromatic carbocycles. The third-order valence-electron chi connectivity index (χ3n) is 3.69. The highest BCUT2D eigenvalue weighted by Gasteiger charge is 2.16. The van der Waals surface area contributed by atoms with Crippen molar-refractivity contribution in [3.05, 3.63) is 69.5 Å². The molecular formula is C17H16N2O3S. The Labute approximate surface area is 136 Å². The third kappa shape index (κ3) is 3.04. The van der Waals surface area contributed by atoms with E-state index in [4.69, 9.17) is 0 Å². The first-order chi connectivity index (χ1) is 11.1. The molecule has 0 fully saturated rings. The molecule has 1 amide bonds. The van der Waals surface area contributed by atoms with E-state index in [-0.39, 0.29) is 17.7 Å². The van der Waals surface area contributed by atoms with E-state index in [0.717, 1.165) is 15.6 Å². The molecule has 1 atom stereocenters. The van der Waals surface area contributed by atoms with E-state index in [2.05, 4.69) is 5.32 Å². The molecule has 3 rings (SSSR count). The molecule has 5 nitrogen and oxygen atoms in total. The van der Waals surface area contributed by atoms with Gasteiger partial charge in [-0.1, -0.05) is 18.2 Å². The summed E-state index contributed by atoms with van der Waals surface area (Å²) in [5.74, 6) is -0.482. The van der Waals surface area contributed by atoms with Crippen molar-refractivity contribution in [1.82, 2.24) is 9.88 Å². The van der Waals surface area contributed by atoms with Crippen LogP contribution in [0.1, 0.15) is 22.0 Å². The summed E-state index contributed by atoms with van der Waals surface area (Å²) >= 11 is 1.55. The molecule has 0 aliphatic heterocycles. The summed E-state index contributed by atoms with van der Waals surface area (Å²) in [4.78, 5) is 24.0.